The van der Waals surface area contributed by atoms with Crippen molar-refractivity contribution in [3.8, 4) is 11.5 Å². The van der Waals surface area contributed by atoms with Crippen molar-refractivity contribution in [1.29, 1.82) is 0 Å². The third-order valence-corrected chi connectivity index (χ3v) is 5.45. The van der Waals surface area contributed by atoms with E-state index in [1.54, 1.807) is 0 Å². The van der Waals surface area contributed by atoms with Crippen molar-refractivity contribution >= 4 is 5.91 Å². The number of aliphatic hydroxyl groups is 1. The Kier molecular flexibility index (Phi) is 6.96. The highest BCUT2D eigenvalue weighted by atomic mass is 16.5. The van der Waals surface area contributed by atoms with Gasteiger partial charge in [-0.3, -0.25) is 9.69 Å². The summed E-state index contributed by atoms with van der Waals surface area (Å²) in [5.41, 5.74) is 1.04. The average Bonchev–Trinajstić information content (AvgIpc) is 2.91. The quantitative estimate of drug-likeness (QED) is 0.798. The number of carbonyl (C=O) groups is 1. The van der Waals surface area contributed by atoms with Crippen molar-refractivity contribution in [2.45, 2.75) is 39.2 Å². The predicted octanol–water partition coefficient (Wildman–Crippen LogP) is 2.37. The largest absolute Gasteiger partial charge is 0.490 e. The van der Waals surface area contributed by atoms with E-state index in [2.05, 4.69) is 24.1 Å². The second-order valence-electron chi connectivity index (χ2n) is 7.95. The van der Waals surface area contributed by atoms with Gasteiger partial charge in [0.2, 0.25) is 5.91 Å². The van der Waals surface area contributed by atoms with Gasteiger partial charge in [0, 0.05) is 13.0 Å². The molecule has 2 N–H and O–H groups in total. The molecule has 0 radical (unpaired) electrons. The summed E-state index contributed by atoms with van der Waals surface area (Å²) in [5.74, 6) is 2.23. The maximum Gasteiger partial charge on any atom is 0.234 e. The Hall–Kier alpha value is -1.79. The molecule has 0 aromatic heterocycles. The monoisotopic (exact) mass is 376 g/mol. The van der Waals surface area contributed by atoms with Gasteiger partial charge in [0.1, 0.15) is 0 Å². The molecule has 1 fully saturated rings. The van der Waals surface area contributed by atoms with Gasteiger partial charge in [-0.2, -0.15) is 0 Å². The van der Waals surface area contributed by atoms with E-state index in [9.17, 15) is 9.90 Å². The van der Waals surface area contributed by atoms with E-state index in [4.69, 9.17) is 9.47 Å². The smallest absolute Gasteiger partial charge is 0.234 e. The molecule has 0 aliphatic carbocycles. The summed E-state index contributed by atoms with van der Waals surface area (Å²) in [6, 6.07) is 5.89. The second kappa shape index (κ2) is 9.42. The topological polar surface area (TPSA) is 71.0 Å². The summed E-state index contributed by atoms with van der Waals surface area (Å²) in [5, 5.41) is 12.5. The maximum atomic E-state index is 12.6. The Balaban J connectivity index is 1.62. The van der Waals surface area contributed by atoms with E-state index >= 15 is 0 Å². The number of aliphatic hydroxyl groups excluding tert-OH is 1. The summed E-state index contributed by atoms with van der Waals surface area (Å²) in [7, 11) is 0. The highest BCUT2D eigenvalue weighted by Crippen LogP contribution is 2.34. The molecule has 6 nitrogen and oxygen atoms in total. The summed E-state index contributed by atoms with van der Waals surface area (Å²) < 4.78 is 11.5. The van der Waals surface area contributed by atoms with E-state index in [0.717, 1.165) is 49.4 Å². The standard InChI is InChI=1S/C21H32N2O4/c1-15(2)21(17-4-5-18-19(12-17)27-11-3-10-26-18)22-20(25)13-23-8-6-16(14-24)7-9-23/h4-5,12,15-16,21,24H,3,6-11,13-14H2,1-2H3,(H,22,25). The molecule has 150 valence electrons. The average molecular weight is 376 g/mol. The summed E-state index contributed by atoms with van der Waals surface area (Å²) in [4.78, 5) is 14.8. The highest BCUT2D eigenvalue weighted by molar-refractivity contribution is 5.78. The third-order valence-electron chi connectivity index (χ3n) is 5.45. The van der Waals surface area contributed by atoms with Gasteiger partial charge >= 0.3 is 0 Å². The molecule has 1 saturated heterocycles. The molecule has 0 bridgehead atoms. The molecule has 3 rings (SSSR count). The molecule has 1 aromatic carbocycles. The van der Waals surface area contributed by atoms with Crippen LogP contribution >= 0.6 is 0 Å². The van der Waals surface area contributed by atoms with Gasteiger partial charge in [-0.25, -0.2) is 0 Å². The minimum absolute atomic E-state index is 0.0447. The number of amides is 1. The van der Waals surface area contributed by atoms with Crippen molar-refractivity contribution in [2.24, 2.45) is 11.8 Å². The zero-order valence-corrected chi connectivity index (χ0v) is 16.4. The van der Waals surface area contributed by atoms with Gasteiger partial charge in [-0.05, 0) is 55.5 Å². The van der Waals surface area contributed by atoms with Crippen LogP contribution in [-0.4, -0.2) is 55.4 Å². The van der Waals surface area contributed by atoms with Crippen LogP contribution in [0.25, 0.3) is 0 Å². The summed E-state index contributed by atoms with van der Waals surface area (Å²) in [6.45, 7) is 7.94. The SMILES string of the molecule is CC(C)C(NC(=O)CN1CCC(CO)CC1)c1ccc2c(c1)OCCCO2. The first-order chi connectivity index (χ1) is 13.1. The van der Waals surface area contributed by atoms with Crippen LogP contribution in [0.5, 0.6) is 11.5 Å². The van der Waals surface area contributed by atoms with Crippen LogP contribution in [0.1, 0.15) is 44.7 Å². The fraction of sp³-hybridized carbons (Fsp3) is 0.667. The lowest BCUT2D eigenvalue weighted by atomic mass is 9.95. The lowest BCUT2D eigenvalue weighted by Gasteiger charge is -2.31. The number of likely N-dealkylation sites (tertiary alicyclic amines) is 1. The minimum Gasteiger partial charge on any atom is -0.490 e. The van der Waals surface area contributed by atoms with Crippen molar-refractivity contribution in [3.05, 3.63) is 23.8 Å². The van der Waals surface area contributed by atoms with Crippen molar-refractivity contribution in [1.82, 2.24) is 10.2 Å². The molecule has 0 saturated carbocycles. The number of nitrogens with zero attached hydrogens (tertiary/aromatic N) is 1. The third kappa shape index (κ3) is 5.36. The summed E-state index contributed by atoms with van der Waals surface area (Å²) in [6.07, 6.45) is 2.79. The van der Waals surface area contributed by atoms with Crippen molar-refractivity contribution in [3.63, 3.8) is 0 Å². The number of hydrogen-bond acceptors (Lipinski definition) is 5. The first kappa shape index (κ1) is 20.0. The van der Waals surface area contributed by atoms with E-state index in [1.165, 1.54) is 0 Å². The van der Waals surface area contributed by atoms with Gasteiger partial charge in [0.25, 0.3) is 0 Å². The van der Waals surface area contributed by atoms with Crippen LogP contribution < -0.4 is 14.8 Å². The molecule has 1 atom stereocenters. The number of carbonyl (C=O) groups excluding carboxylic acids is 1. The lowest BCUT2D eigenvalue weighted by Crippen LogP contribution is -2.43. The van der Waals surface area contributed by atoms with Gasteiger partial charge < -0.3 is 19.9 Å². The first-order valence-corrected chi connectivity index (χ1v) is 10.1. The Morgan fingerprint density at radius 2 is 1.93 bits per heavy atom. The molecule has 27 heavy (non-hydrogen) atoms. The molecule has 2 heterocycles. The molecular formula is C21H32N2O4. The number of ether oxygens (including phenoxy) is 2. The van der Waals surface area contributed by atoms with E-state index in [0.29, 0.717) is 25.7 Å². The number of rotatable bonds is 6. The zero-order valence-electron chi connectivity index (χ0n) is 16.4. The molecular weight excluding hydrogens is 344 g/mol. The van der Waals surface area contributed by atoms with Crippen LogP contribution in [0.4, 0.5) is 0 Å². The molecule has 2 aliphatic rings. The van der Waals surface area contributed by atoms with Crippen molar-refractivity contribution < 1.29 is 19.4 Å². The molecule has 1 unspecified atom stereocenters. The molecule has 2 aliphatic heterocycles. The number of hydrogen-bond donors (Lipinski definition) is 2. The molecule has 1 amide bonds. The first-order valence-electron chi connectivity index (χ1n) is 10.1. The van der Waals surface area contributed by atoms with Crippen LogP contribution in [0.3, 0.4) is 0 Å². The van der Waals surface area contributed by atoms with Crippen LogP contribution in [0, 0.1) is 11.8 Å². The normalized spacial score (nSPS) is 19.6. The van der Waals surface area contributed by atoms with E-state index in [1.807, 2.05) is 18.2 Å². The second-order valence-corrected chi connectivity index (χ2v) is 7.95. The molecule has 1 aromatic rings. The van der Waals surface area contributed by atoms with Gasteiger partial charge in [0.15, 0.2) is 11.5 Å². The Labute approximate surface area is 161 Å². The van der Waals surface area contributed by atoms with Crippen LogP contribution in [0.2, 0.25) is 0 Å². The van der Waals surface area contributed by atoms with E-state index < -0.39 is 0 Å². The molecule has 6 heteroatoms. The van der Waals surface area contributed by atoms with Gasteiger partial charge in [-0.15, -0.1) is 0 Å². The Morgan fingerprint density at radius 3 is 2.59 bits per heavy atom. The van der Waals surface area contributed by atoms with Crippen LogP contribution in [0.15, 0.2) is 18.2 Å². The predicted molar refractivity (Wildman–Crippen MR) is 104 cm³/mol. The summed E-state index contributed by atoms with van der Waals surface area (Å²) >= 11 is 0. The number of benzene rings is 1. The number of nitrogens with one attached hydrogen (secondary N) is 1. The minimum atomic E-state index is -0.0652. The number of fused-ring (bicyclic) bond motifs is 1. The van der Waals surface area contributed by atoms with Crippen LogP contribution in [-0.2, 0) is 4.79 Å². The zero-order chi connectivity index (χ0) is 19.2. The number of piperidine rings is 1. The van der Waals surface area contributed by atoms with Gasteiger partial charge in [0.05, 0.1) is 25.8 Å². The molecule has 0 spiro atoms. The fourth-order valence-electron chi connectivity index (χ4n) is 3.76. The fourth-order valence-corrected chi connectivity index (χ4v) is 3.76. The lowest BCUT2D eigenvalue weighted by molar-refractivity contribution is -0.123. The van der Waals surface area contributed by atoms with Gasteiger partial charge in [-0.1, -0.05) is 19.9 Å². The van der Waals surface area contributed by atoms with Crippen molar-refractivity contribution in [2.75, 3.05) is 39.5 Å². The van der Waals surface area contributed by atoms with E-state index in [-0.39, 0.29) is 24.5 Å². The Bertz CT molecular complexity index is 627. The maximum absolute atomic E-state index is 12.6. The highest BCUT2D eigenvalue weighted by Gasteiger charge is 2.24. The Morgan fingerprint density at radius 1 is 1.22 bits per heavy atom.